The van der Waals surface area contributed by atoms with Crippen LogP contribution in [0.3, 0.4) is 0 Å². The molecule has 0 saturated carbocycles. The number of esters is 1. The molecule has 1 aromatic rings. The third-order valence-electron chi connectivity index (χ3n) is 2.51. The molecule has 0 aliphatic carbocycles. The monoisotopic (exact) mass is 300 g/mol. The summed E-state index contributed by atoms with van der Waals surface area (Å²) in [6, 6.07) is 2.90. The van der Waals surface area contributed by atoms with Gasteiger partial charge in [-0.05, 0) is 19.1 Å². The first-order chi connectivity index (χ1) is 9.54. The van der Waals surface area contributed by atoms with E-state index in [0.717, 1.165) is 5.76 Å². The van der Waals surface area contributed by atoms with Gasteiger partial charge in [-0.2, -0.15) is 0 Å². The van der Waals surface area contributed by atoms with Crippen molar-refractivity contribution in [2.75, 3.05) is 25.2 Å². The molecule has 1 unspecified atom stereocenters. The highest BCUT2D eigenvalue weighted by Crippen LogP contribution is 2.08. The van der Waals surface area contributed by atoms with Crippen molar-refractivity contribution in [2.24, 2.45) is 5.73 Å². The zero-order valence-corrected chi connectivity index (χ0v) is 12.5. The molecule has 2 N–H and O–H groups in total. The minimum Gasteiger partial charge on any atom is -0.467 e. The molecule has 112 valence electrons. The molecular weight excluding hydrogens is 280 g/mol. The van der Waals surface area contributed by atoms with Crippen molar-refractivity contribution >= 4 is 23.6 Å². The van der Waals surface area contributed by atoms with Crippen LogP contribution in [0.1, 0.15) is 12.7 Å². The SMILES string of the molecule is CCOC(=O)C(N)CSCC(=O)N(C)Cc1ccco1. The van der Waals surface area contributed by atoms with Crippen molar-refractivity contribution in [3.63, 3.8) is 0 Å². The molecule has 7 heteroatoms. The van der Waals surface area contributed by atoms with Crippen molar-refractivity contribution in [3.8, 4) is 0 Å². The first-order valence-corrected chi connectivity index (χ1v) is 7.46. The van der Waals surface area contributed by atoms with Crippen molar-refractivity contribution in [1.82, 2.24) is 4.90 Å². The van der Waals surface area contributed by atoms with Gasteiger partial charge in [0.2, 0.25) is 5.91 Å². The Morgan fingerprint density at radius 3 is 2.90 bits per heavy atom. The number of nitrogens with two attached hydrogens (primary N) is 1. The third-order valence-corrected chi connectivity index (χ3v) is 3.56. The van der Waals surface area contributed by atoms with E-state index >= 15 is 0 Å². The van der Waals surface area contributed by atoms with E-state index in [1.807, 2.05) is 6.07 Å². The molecule has 0 aliphatic heterocycles. The Bertz CT molecular complexity index is 422. The Morgan fingerprint density at radius 2 is 2.30 bits per heavy atom. The van der Waals surface area contributed by atoms with E-state index < -0.39 is 12.0 Å². The molecule has 1 atom stereocenters. The maximum atomic E-state index is 11.9. The second-order valence-electron chi connectivity index (χ2n) is 4.20. The van der Waals surface area contributed by atoms with Gasteiger partial charge in [0.15, 0.2) is 0 Å². The van der Waals surface area contributed by atoms with Crippen LogP contribution in [0.25, 0.3) is 0 Å². The quantitative estimate of drug-likeness (QED) is 0.717. The number of hydrogen-bond donors (Lipinski definition) is 1. The average molecular weight is 300 g/mol. The Balaban J connectivity index is 2.24. The summed E-state index contributed by atoms with van der Waals surface area (Å²) in [5, 5.41) is 0. The molecule has 0 aromatic carbocycles. The van der Waals surface area contributed by atoms with Crippen LogP contribution in [0.2, 0.25) is 0 Å². The van der Waals surface area contributed by atoms with Gasteiger partial charge in [-0.1, -0.05) is 0 Å². The zero-order chi connectivity index (χ0) is 15.0. The van der Waals surface area contributed by atoms with Crippen LogP contribution in [0.5, 0.6) is 0 Å². The minimum absolute atomic E-state index is 0.0394. The van der Waals surface area contributed by atoms with Crippen LogP contribution in [0.15, 0.2) is 22.8 Å². The van der Waals surface area contributed by atoms with Crippen molar-refractivity contribution in [3.05, 3.63) is 24.2 Å². The normalized spacial score (nSPS) is 11.9. The number of carbonyl (C=O) groups excluding carboxylic acids is 2. The lowest BCUT2D eigenvalue weighted by molar-refractivity contribution is -0.144. The summed E-state index contributed by atoms with van der Waals surface area (Å²) >= 11 is 1.32. The lowest BCUT2D eigenvalue weighted by Crippen LogP contribution is -2.35. The molecule has 0 bridgehead atoms. The Labute approximate surface area is 122 Å². The molecule has 1 aromatic heterocycles. The zero-order valence-electron chi connectivity index (χ0n) is 11.7. The van der Waals surface area contributed by atoms with E-state index in [-0.39, 0.29) is 11.7 Å². The van der Waals surface area contributed by atoms with Crippen LogP contribution in [-0.4, -0.2) is 48.0 Å². The van der Waals surface area contributed by atoms with Crippen LogP contribution >= 0.6 is 11.8 Å². The van der Waals surface area contributed by atoms with Crippen molar-refractivity contribution < 1.29 is 18.7 Å². The number of nitrogens with zero attached hydrogens (tertiary/aromatic N) is 1. The Hall–Kier alpha value is -1.47. The van der Waals surface area contributed by atoms with Gasteiger partial charge < -0.3 is 19.8 Å². The average Bonchev–Trinajstić information content (AvgIpc) is 2.91. The number of ether oxygens (including phenoxy) is 1. The molecular formula is C13H20N2O4S. The molecule has 0 saturated heterocycles. The fraction of sp³-hybridized carbons (Fsp3) is 0.538. The van der Waals surface area contributed by atoms with Gasteiger partial charge in [-0.15, -0.1) is 11.8 Å². The van der Waals surface area contributed by atoms with Crippen LogP contribution in [0.4, 0.5) is 0 Å². The third kappa shape index (κ3) is 5.66. The van der Waals surface area contributed by atoms with E-state index in [0.29, 0.717) is 18.9 Å². The van der Waals surface area contributed by atoms with Crippen LogP contribution < -0.4 is 5.73 Å². The number of furan rings is 1. The van der Waals surface area contributed by atoms with E-state index in [4.69, 9.17) is 14.9 Å². The number of amides is 1. The van der Waals surface area contributed by atoms with Gasteiger partial charge >= 0.3 is 5.97 Å². The summed E-state index contributed by atoms with van der Waals surface area (Å²) in [5.41, 5.74) is 5.64. The van der Waals surface area contributed by atoms with Gasteiger partial charge in [-0.3, -0.25) is 9.59 Å². The maximum Gasteiger partial charge on any atom is 0.323 e. The second-order valence-corrected chi connectivity index (χ2v) is 5.23. The van der Waals surface area contributed by atoms with E-state index in [2.05, 4.69) is 0 Å². The highest BCUT2D eigenvalue weighted by molar-refractivity contribution is 8.00. The molecule has 0 radical (unpaired) electrons. The van der Waals surface area contributed by atoms with Gasteiger partial charge in [0, 0.05) is 12.8 Å². The molecule has 1 amide bonds. The number of carbonyl (C=O) groups is 2. The summed E-state index contributed by atoms with van der Waals surface area (Å²) in [6.45, 7) is 2.46. The largest absolute Gasteiger partial charge is 0.467 e. The molecule has 0 aliphatic rings. The standard InChI is InChI=1S/C13H20N2O4S/c1-3-18-13(17)11(14)8-20-9-12(16)15(2)7-10-5-4-6-19-10/h4-6,11H,3,7-9,14H2,1-2H3. The lowest BCUT2D eigenvalue weighted by atomic mass is 10.4. The van der Waals surface area contributed by atoms with Crippen LogP contribution in [0, 0.1) is 0 Å². The van der Waals surface area contributed by atoms with Gasteiger partial charge in [0.1, 0.15) is 11.8 Å². The van der Waals surface area contributed by atoms with Gasteiger partial charge in [0.05, 0.1) is 25.2 Å². The topological polar surface area (TPSA) is 85.8 Å². The molecule has 1 rings (SSSR count). The fourth-order valence-electron chi connectivity index (χ4n) is 1.43. The molecule has 6 nitrogen and oxygen atoms in total. The minimum atomic E-state index is -0.692. The fourth-order valence-corrected chi connectivity index (χ4v) is 2.33. The number of hydrogen-bond acceptors (Lipinski definition) is 6. The summed E-state index contributed by atoms with van der Waals surface area (Å²) in [6.07, 6.45) is 1.57. The highest BCUT2D eigenvalue weighted by Gasteiger charge is 2.16. The van der Waals surface area contributed by atoms with Crippen molar-refractivity contribution in [1.29, 1.82) is 0 Å². The van der Waals surface area contributed by atoms with Crippen molar-refractivity contribution in [2.45, 2.75) is 19.5 Å². The lowest BCUT2D eigenvalue weighted by Gasteiger charge is -2.16. The predicted molar refractivity (Wildman–Crippen MR) is 77.1 cm³/mol. The summed E-state index contributed by atoms with van der Waals surface area (Å²) < 4.78 is 9.97. The van der Waals surface area contributed by atoms with E-state index in [9.17, 15) is 9.59 Å². The molecule has 0 spiro atoms. The van der Waals surface area contributed by atoms with E-state index in [1.54, 1.807) is 31.2 Å². The second kappa shape index (κ2) is 8.65. The van der Waals surface area contributed by atoms with E-state index in [1.165, 1.54) is 11.8 Å². The summed E-state index contributed by atoms with van der Waals surface area (Å²) in [4.78, 5) is 24.7. The smallest absolute Gasteiger partial charge is 0.323 e. The molecule has 0 fully saturated rings. The first kappa shape index (κ1) is 16.6. The molecule has 1 heterocycles. The number of rotatable bonds is 8. The van der Waals surface area contributed by atoms with Crippen LogP contribution in [-0.2, 0) is 20.9 Å². The van der Waals surface area contributed by atoms with Gasteiger partial charge in [0.25, 0.3) is 0 Å². The number of thioether (sulfide) groups is 1. The Kier molecular flexibility index (Phi) is 7.17. The summed E-state index contributed by atoms with van der Waals surface area (Å²) in [7, 11) is 1.71. The highest BCUT2D eigenvalue weighted by atomic mass is 32.2. The maximum absolute atomic E-state index is 11.9. The predicted octanol–water partition coefficient (Wildman–Crippen LogP) is 0.862. The Morgan fingerprint density at radius 1 is 1.55 bits per heavy atom. The summed E-state index contributed by atoms with van der Waals surface area (Å²) in [5.74, 6) is 0.886. The van der Waals surface area contributed by atoms with Gasteiger partial charge in [-0.25, -0.2) is 0 Å². The molecule has 20 heavy (non-hydrogen) atoms. The first-order valence-electron chi connectivity index (χ1n) is 6.31.